The van der Waals surface area contributed by atoms with E-state index in [1.54, 1.807) is 0 Å². The number of aliphatic hydroxyl groups excluding tert-OH is 1. The number of hydrogen-bond acceptors (Lipinski definition) is 3. The van der Waals surface area contributed by atoms with Gasteiger partial charge in [-0.15, -0.1) is 0 Å². The van der Waals surface area contributed by atoms with Gasteiger partial charge in [0.05, 0.1) is 23.7 Å². The summed E-state index contributed by atoms with van der Waals surface area (Å²) in [6.45, 7) is 10.7. The highest BCUT2D eigenvalue weighted by Gasteiger charge is 2.10. The Morgan fingerprint density at radius 1 is 1.22 bits per heavy atom. The first-order valence-corrected chi connectivity index (χ1v) is 7.01. The molecule has 0 aliphatic heterocycles. The van der Waals surface area contributed by atoms with Crippen molar-refractivity contribution in [1.82, 2.24) is 4.98 Å². The number of nitrogens with zero attached hydrogens (tertiary/aromatic N) is 2. The maximum atomic E-state index is 9.72. The molecule has 1 unspecified atom stereocenters. The minimum Gasteiger partial charge on any atom is -0.387 e. The van der Waals surface area contributed by atoms with E-state index in [0.29, 0.717) is 12.3 Å². The lowest BCUT2D eigenvalue weighted by atomic mass is 10.1. The molecule has 0 fully saturated rings. The van der Waals surface area contributed by atoms with E-state index in [9.17, 15) is 5.11 Å². The summed E-state index contributed by atoms with van der Waals surface area (Å²) < 4.78 is 0. The van der Waals surface area contributed by atoms with Crippen LogP contribution in [0, 0.1) is 5.92 Å². The second-order valence-electron chi connectivity index (χ2n) is 4.92. The summed E-state index contributed by atoms with van der Waals surface area (Å²) in [4.78, 5) is 6.70. The Morgan fingerprint density at radius 3 is 2.39 bits per heavy atom. The van der Waals surface area contributed by atoms with Crippen LogP contribution in [0.15, 0.2) is 18.3 Å². The maximum absolute atomic E-state index is 9.72. The molecule has 1 aromatic heterocycles. The van der Waals surface area contributed by atoms with Crippen molar-refractivity contribution >= 4 is 5.69 Å². The van der Waals surface area contributed by atoms with Crippen LogP contribution in [0.25, 0.3) is 0 Å². The number of anilines is 1. The summed E-state index contributed by atoms with van der Waals surface area (Å²) in [6, 6.07) is 4.00. The molecule has 1 rings (SSSR count). The fourth-order valence-electron chi connectivity index (χ4n) is 1.91. The average Bonchev–Trinajstić information content (AvgIpc) is 2.43. The molecular weight excluding hydrogens is 224 g/mol. The molecule has 1 N–H and O–H groups in total. The SMILES string of the molecule is CCC(C)CN(CC)c1ccc([C@H](O)CC)nc1. The zero-order chi connectivity index (χ0) is 13.5. The molecule has 0 radical (unpaired) electrons. The first-order valence-electron chi connectivity index (χ1n) is 7.01. The number of rotatable bonds is 7. The quantitative estimate of drug-likeness (QED) is 0.805. The third-order valence-corrected chi connectivity index (χ3v) is 3.47. The van der Waals surface area contributed by atoms with Crippen molar-refractivity contribution in [3.8, 4) is 0 Å². The summed E-state index contributed by atoms with van der Waals surface area (Å²) in [5.41, 5.74) is 1.91. The van der Waals surface area contributed by atoms with Crippen LogP contribution in [0.2, 0.25) is 0 Å². The van der Waals surface area contributed by atoms with Crippen molar-refractivity contribution in [2.45, 2.75) is 46.6 Å². The van der Waals surface area contributed by atoms with Crippen LogP contribution in [0.5, 0.6) is 0 Å². The molecule has 102 valence electrons. The molecule has 0 amide bonds. The van der Waals surface area contributed by atoms with E-state index >= 15 is 0 Å². The van der Waals surface area contributed by atoms with Crippen LogP contribution < -0.4 is 4.90 Å². The van der Waals surface area contributed by atoms with Gasteiger partial charge >= 0.3 is 0 Å². The third kappa shape index (κ3) is 3.98. The van der Waals surface area contributed by atoms with Gasteiger partial charge < -0.3 is 10.0 Å². The molecule has 0 aromatic carbocycles. The molecule has 1 aromatic rings. The molecule has 0 spiro atoms. The smallest absolute Gasteiger partial charge is 0.0957 e. The molecule has 0 aliphatic rings. The lowest BCUT2D eigenvalue weighted by molar-refractivity contribution is 0.169. The molecule has 1 heterocycles. The van der Waals surface area contributed by atoms with Crippen molar-refractivity contribution < 1.29 is 5.11 Å². The predicted octanol–water partition coefficient (Wildman–Crippen LogP) is 3.40. The van der Waals surface area contributed by atoms with Crippen LogP contribution in [0.1, 0.15) is 52.3 Å². The number of pyridine rings is 1. The van der Waals surface area contributed by atoms with Gasteiger partial charge in [0.15, 0.2) is 0 Å². The Kier molecular flexibility index (Phi) is 6.13. The summed E-state index contributed by atoms with van der Waals surface area (Å²) in [5.74, 6) is 0.686. The maximum Gasteiger partial charge on any atom is 0.0957 e. The van der Waals surface area contributed by atoms with Crippen LogP contribution >= 0.6 is 0 Å². The highest BCUT2D eigenvalue weighted by molar-refractivity contribution is 5.44. The van der Waals surface area contributed by atoms with E-state index < -0.39 is 6.10 Å². The topological polar surface area (TPSA) is 36.4 Å². The minimum atomic E-state index is -0.441. The minimum absolute atomic E-state index is 0.441. The Bertz CT molecular complexity index is 337. The van der Waals surface area contributed by atoms with Crippen LogP contribution in [-0.2, 0) is 0 Å². The van der Waals surface area contributed by atoms with Gasteiger partial charge in [-0.05, 0) is 31.4 Å². The van der Waals surface area contributed by atoms with Crippen LogP contribution in [0.4, 0.5) is 5.69 Å². The monoisotopic (exact) mass is 250 g/mol. The normalized spacial score (nSPS) is 14.3. The molecular formula is C15H26N2O. The van der Waals surface area contributed by atoms with Gasteiger partial charge in [0.25, 0.3) is 0 Å². The molecule has 18 heavy (non-hydrogen) atoms. The van der Waals surface area contributed by atoms with Gasteiger partial charge in [-0.1, -0.05) is 27.2 Å². The van der Waals surface area contributed by atoms with Crippen molar-refractivity contribution in [2.24, 2.45) is 5.92 Å². The Morgan fingerprint density at radius 2 is 1.94 bits per heavy atom. The van der Waals surface area contributed by atoms with Crippen molar-refractivity contribution in [3.05, 3.63) is 24.0 Å². The molecule has 0 saturated carbocycles. The first-order chi connectivity index (χ1) is 8.62. The van der Waals surface area contributed by atoms with Gasteiger partial charge in [0, 0.05) is 13.1 Å². The largest absolute Gasteiger partial charge is 0.387 e. The molecule has 2 atom stereocenters. The first kappa shape index (κ1) is 15.0. The van der Waals surface area contributed by atoms with E-state index in [1.165, 1.54) is 6.42 Å². The second-order valence-corrected chi connectivity index (χ2v) is 4.92. The van der Waals surface area contributed by atoms with E-state index in [0.717, 1.165) is 24.5 Å². The average molecular weight is 250 g/mol. The van der Waals surface area contributed by atoms with Gasteiger partial charge in [-0.2, -0.15) is 0 Å². The zero-order valence-electron chi connectivity index (χ0n) is 12.1. The summed E-state index contributed by atoms with van der Waals surface area (Å²) in [6.07, 6.45) is 3.33. The summed E-state index contributed by atoms with van der Waals surface area (Å²) >= 11 is 0. The molecule has 0 bridgehead atoms. The second kappa shape index (κ2) is 7.37. The fraction of sp³-hybridized carbons (Fsp3) is 0.667. The molecule has 3 heteroatoms. The highest BCUT2D eigenvalue weighted by Crippen LogP contribution is 2.19. The standard InChI is InChI=1S/C15H26N2O/c1-5-12(4)11-17(7-3)13-8-9-14(16-10-13)15(18)6-2/h8-10,12,15,18H,5-7,11H2,1-4H3/t12?,15-/m1/s1. The number of aliphatic hydroxyl groups is 1. The van der Waals surface area contributed by atoms with Crippen molar-refractivity contribution in [1.29, 1.82) is 0 Å². The Labute approximate surface area is 111 Å². The van der Waals surface area contributed by atoms with Crippen LogP contribution in [-0.4, -0.2) is 23.2 Å². The van der Waals surface area contributed by atoms with E-state index in [2.05, 4.69) is 36.7 Å². The third-order valence-electron chi connectivity index (χ3n) is 3.47. The summed E-state index contributed by atoms with van der Waals surface area (Å²) in [5, 5.41) is 9.72. The number of hydrogen-bond donors (Lipinski definition) is 1. The highest BCUT2D eigenvalue weighted by atomic mass is 16.3. The fourth-order valence-corrected chi connectivity index (χ4v) is 1.91. The Hall–Kier alpha value is -1.09. The van der Waals surface area contributed by atoms with Crippen molar-refractivity contribution in [2.75, 3.05) is 18.0 Å². The predicted molar refractivity (Wildman–Crippen MR) is 76.8 cm³/mol. The van der Waals surface area contributed by atoms with E-state index in [4.69, 9.17) is 0 Å². The molecule has 3 nitrogen and oxygen atoms in total. The van der Waals surface area contributed by atoms with E-state index in [-0.39, 0.29) is 0 Å². The van der Waals surface area contributed by atoms with Gasteiger partial charge in [0.2, 0.25) is 0 Å². The lowest BCUT2D eigenvalue weighted by Crippen LogP contribution is -2.28. The van der Waals surface area contributed by atoms with Crippen LogP contribution in [0.3, 0.4) is 0 Å². The molecule has 0 saturated heterocycles. The number of aromatic nitrogens is 1. The Balaban J connectivity index is 2.75. The summed E-state index contributed by atoms with van der Waals surface area (Å²) in [7, 11) is 0. The van der Waals surface area contributed by atoms with Gasteiger partial charge in [-0.25, -0.2) is 0 Å². The van der Waals surface area contributed by atoms with E-state index in [1.807, 2.05) is 19.2 Å². The van der Waals surface area contributed by atoms with Gasteiger partial charge in [0.1, 0.15) is 0 Å². The van der Waals surface area contributed by atoms with Gasteiger partial charge in [-0.3, -0.25) is 4.98 Å². The van der Waals surface area contributed by atoms with Crippen molar-refractivity contribution in [3.63, 3.8) is 0 Å². The lowest BCUT2D eigenvalue weighted by Gasteiger charge is -2.26. The molecule has 0 aliphatic carbocycles. The zero-order valence-corrected chi connectivity index (χ0v) is 12.1.